The van der Waals surface area contributed by atoms with Crippen LogP contribution in [0.25, 0.3) is 0 Å². The molecule has 0 atom stereocenters. The Morgan fingerprint density at radius 2 is 2.00 bits per heavy atom. The van der Waals surface area contributed by atoms with Gasteiger partial charge in [-0.05, 0) is 24.3 Å². The maximum Gasteiger partial charge on any atom is 0.192 e. The van der Waals surface area contributed by atoms with Crippen LogP contribution in [0.4, 0.5) is 5.69 Å². The molecule has 1 aromatic rings. The summed E-state index contributed by atoms with van der Waals surface area (Å²) in [5.41, 5.74) is 6.40. The van der Waals surface area contributed by atoms with Crippen LogP contribution in [0.2, 0.25) is 0 Å². The smallest absolute Gasteiger partial charge is 0.192 e. The fourth-order valence-electron chi connectivity index (χ4n) is 0.737. The van der Waals surface area contributed by atoms with E-state index in [1.807, 2.05) is 24.3 Å². The van der Waals surface area contributed by atoms with Crippen molar-refractivity contribution in [2.75, 3.05) is 12.4 Å². The van der Waals surface area contributed by atoms with E-state index in [4.69, 9.17) is 5.73 Å². The number of nitrogens with one attached hydrogen (secondary N) is 1. The van der Waals surface area contributed by atoms with E-state index in [9.17, 15) is 0 Å². The molecule has 64 valence electrons. The van der Waals surface area contributed by atoms with Crippen molar-refractivity contribution in [3.05, 3.63) is 28.7 Å². The molecule has 0 radical (unpaired) electrons. The summed E-state index contributed by atoms with van der Waals surface area (Å²) in [7, 11) is 1.64. The first-order valence-corrected chi connectivity index (χ1v) is 4.26. The van der Waals surface area contributed by atoms with E-state index >= 15 is 0 Å². The van der Waals surface area contributed by atoms with Crippen molar-refractivity contribution in [3.8, 4) is 0 Å². The summed E-state index contributed by atoms with van der Waals surface area (Å²) in [6.45, 7) is 0. The van der Waals surface area contributed by atoms with Gasteiger partial charge in [-0.15, -0.1) is 0 Å². The zero-order chi connectivity index (χ0) is 8.97. The Morgan fingerprint density at radius 1 is 1.42 bits per heavy atom. The predicted molar refractivity (Wildman–Crippen MR) is 55.3 cm³/mol. The number of rotatable bonds is 1. The van der Waals surface area contributed by atoms with E-state index in [0.29, 0.717) is 5.96 Å². The van der Waals surface area contributed by atoms with Crippen LogP contribution in [0.15, 0.2) is 33.7 Å². The van der Waals surface area contributed by atoms with Crippen LogP contribution in [0.1, 0.15) is 0 Å². The molecule has 0 aliphatic rings. The molecule has 4 heteroatoms. The van der Waals surface area contributed by atoms with E-state index in [0.717, 1.165) is 10.2 Å². The minimum absolute atomic E-state index is 0.414. The molecular weight excluding hydrogens is 218 g/mol. The van der Waals surface area contributed by atoms with Crippen LogP contribution in [-0.2, 0) is 0 Å². The fourth-order valence-corrected chi connectivity index (χ4v) is 1.00. The molecular formula is C8H10BrN3. The second kappa shape index (κ2) is 4.11. The molecule has 3 N–H and O–H groups in total. The maximum atomic E-state index is 5.47. The first kappa shape index (κ1) is 9.06. The summed E-state index contributed by atoms with van der Waals surface area (Å²) < 4.78 is 1.04. The minimum Gasteiger partial charge on any atom is -0.370 e. The summed E-state index contributed by atoms with van der Waals surface area (Å²) in [5.74, 6) is 0.414. The average Bonchev–Trinajstić information content (AvgIpc) is 2.09. The second-order valence-corrected chi connectivity index (χ2v) is 3.16. The Bertz CT molecular complexity index is 279. The van der Waals surface area contributed by atoms with E-state index in [1.54, 1.807) is 7.05 Å². The van der Waals surface area contributed by atoms with Gasteiger partial charge in [0.15, 0.2) is 5.96 Å². The van der Waals surface area contributed by atoms with Crippen molar-refractivity contribution in [1.29, 1.82) is 0 Å². The van der Waals surface area contributed by atoms with Crippen LogP contribution < -0.4 is 11.1 Å². The third kappa shape index (κ3) is 2.54. The van der Waals surface area contributed by atoms with Gasteiger partial charge in [0.05, 0.1) is 0 Å². The SMILES string of the molecule is CN=C(N)Nc1ccc(Br)cc1. The molecule has 0 heterocycles. The van der Waals surface area contributed by atoms with Gasteiger partial charge < -0.3 is 11.1 Å². The number of nitrogens with zero attached hydrogens (tertiary/aromatic N) is 1. The number of nitrogens with two attached hydrogens (primary N) is 1. The predicted octanol–water partition coefficient (Wildman–Crippen LogP) is 1.81. The highest BCUT2D eigenvalue weighted by molar-refractivity contribution is 9.10. The average molecular weight is 228 g/mol. The van der Waals surface area contributed by atoms with Crippen molar-refractivity contribution >= 4 is 27.6 Å². The van der Waals surface area contributed by atoms with Crippen molar-refractivity contribution in [2.45, 2.75) is 0 Å². The molecule has 0 saturated heterocycles. The van der Waals surface area contributed by atoms with Gasteiger partial charge in [-0.3, -0.25) is 4.99 Å². The van der Waals surface area contributed by atoms with Crippen molar-refractivity contribution in [2.24, 2.45) is 10.7 Å². The Balaban J connectivity index is 2.71. The van der Waals surface area contributed by atoms with Gasteiger partial charge in [0.1, 0.15) is 0 Å². The van der Waals surface area contributed by atoms with Crippen molar-refractivity contribution in [3.63, 3.8) is 0 Å². The zero-order valence-electron chi connectivity index (χ0n) is 6.71. The molecule has 0 aromatic heterocycles. The summed E-state index contributed by atoms with van der Waals surface area (Å²) in [6, 6.07) is 7.71. The summed E-state index contributed by atoms with van der Waals surface area (Å²) in [6.07, 6.45) is 0. The van der Waals surface area contributed by atoms with E-state index in [2.05, 4.69) is 26.2 Å². The molecule has 3 nitrogen and oxygen atoms in total. The van der Waals surface area contributed by atoms with Gasteiger partial charge >= 0.3 is 0 Å². The Hall–Kier alpha value is -1.03. The summed E-state index contributed by atoms with van der Waals surface area (Å²) in [4.78, 5) is 3.78. The van der Waals surface area contributed by atoms with Crippen LogP contribution in [0.5, 0.6) is 0 Å². The molecule has 0 spiro atoms. The number of guanidine groups is 1. The topological polar surface area (TPSA) is 50.4 Å². The number of benzene rings is 1. The quantitative estimate of drug-likeness (QED) is 0.568. The van der Waals surface area contributed by atoms with Crippen LogP contribution in [-0.4, -0.2) is 13.0 Å². The van der Waals surface area contributed by atoms with E-state index < -0.39 is 0 Å². The largest absolute Gasteiger partial charge is 0.370 e. The van der Waals surface area contributed by atoms with E-state index in [1.165, 1.54) is 0 Å². The van der Waals surface area contributed by atoms with Crippen LogP contribution >= 0.6 is 15.9 Å². The summed E-state index contributed by atoms with van der Waals surface area (Å²) >= 11 is 3.34. The lowest BCUT2D eigenvalue weighted by atomic mass is 10.3. The fraction of sp³-hybridized carbons (Fsp3) is 0.125. The standard InChI is InChI=1S/C8H10BrN3/c1-11-8(10)12-7-4-2-6(9)3-5-7/h2-5H,1H3,(H3,10,11,12). The monoisotopic (exact) mass is 227 g/mol. The molecule has 0 aliphatic carbocycles. The number of halogens is 1. The lowest BCUT2D eigenvalue weighted by Crippen LogP contribution is -2.21. The van der Waals surface area contributed by atoms with Gasteiger partial charge in [0.2, 0.25) is 0 Å². The van der Waals surface area contributed by atoms with Crippen LogP contribution in [0, 0.1) is 0 Å². The lowest BCUT2D eigenvalue weighted by molar-refractivity contribution is 1.38. The highest BCUT2D eigenvalue weighted by Crippen LogP contribution is 2.13. The Labute approximate surface area is 79.8 Å². The first-order chi connectivity index (χ1) is 5.72. The van der Waals surface area contributed by atoms with Gasteiger partial charge in [-0.1, -0.05) is 15.9 Å². The second-order valence-electron chi connectivity index (χ2n) is 2.24. The molecule has 1 rings (SSSR count). The molecule has 0 unspecified atom stereocenters. The molecule has 1 aromatic carbocycles. The zero-order valence-corrected chi connectivity index (χ0v) is 8.30. The van der Waals surface area contributed by atoms with Gasteiger partial charge in [-0.2, -0.15) is 0 Å². The number of hydrogen-bond donors (Lipinski definition) is 2. The number of aliphatic imine (C=N–C) groups is 1. The van der Waals surface area contributed by atoms with Crippen LogP contribution in [0.3, 0.4) is 0 Å². The van der Waals surface area contributed by atoms with Crippen molar-refractivity contribution in [1.82, 2.24) is 0 Å². The molecule has 0 bridgehead atoms. The Morgan fingerprint density at radius 3 is 2.50 bits per heavy atom. The maximum absolute atomic E-state index is 5.47. The number of hydrogen-bond acceptors (Lipinski definition) is 1. The van der Waals surface area contributed by atoms with Gasteiger partial charge in [-0.25, -0.2) is 0 Å². The molecule has 12 heavy (non-hydrogen) atoms. The highest BCUT2D eigenvalue weighted by Gasteiger charge is 1.92. The third-order valence-corrected chi connectivity index (χ3v) is 1.89. The highest BCUT2D eigenvalue weighted by atomic mass is 79.9. The lowest BCUT2D eigenvalue weighted by Gasteiger charge is -2.03. The minimum atomic E-state index is 0.414. The van der Waals surface area contributed by atoms with Crippen molar-refractivity contribution < 1.29 is 0 Å². The Kier molecular flexibility index (Phi) is 3.10. The molecule has 0 fully saturated rings. The molecule has 0 aliphatic heterocycles. The first-order valence-electron chi connectivity index (χ1n) is 3.47. The molecule has 0 amide bonds. The third-order valence-electron chi connectivity index (χ3n) is 1.36. The van der Waals surface area contributed by atoms with Gasteiger partial charge in [0, 0.05) is 17.2 Å². The number of anilines is 1. The van der Waals surface area contributed by atoms with E-state index in [-0.39, 0.29) is 0 Å². The summed E-state index contributed by atoms with van der Waals surface area (Å²) in [5, 5.41) is 2.93. The normalized spacial score (nSPS) is 11.3. The van der Waals surface area contributed by atoms with Gasteiger partial charge in [0.25, 0.3) is 0 Å². The molecule has 0 saturated carbocycles.